The zero-order valence-corrected chi connectivity index (χ0v) is 16.1. The number of benzene rings is 2. The fourth-order valence-corrected chi connectivity index (χ4v) is 3.13. The maximum absolute atomic E-state index is 12.6. The highest BCUT2D eigenvalue weighted by Gasteiger charge is 2.35. The molecule has 1 aliphatic heterocycles. The van der Waals surface area contributed by atoms with Crippen LogP contribution in [-0.4, -0.2) is 50.4 Å². The quantitative estimate of drug-likeness (QED) is 0.863. The molecular weight excluding hydrogens is 358 g/mol. The minimum Gasteiger partial charge on any atom is -0.497 e. The van der Waals surface area contributed by atoms with Gasteiger partial charge < -0.3 is 19.9 Å². The SMILES string of the molecule is COc1ccc(N2C[C@H](C(=O)Nc3cccc(C(=O)N(C)C)c3)CC2=O)cc1. The van der Waals surface area contributed by atoms with Gasteiger partial charge in [0.25, 0.3) is 5.91 Å². The van der Waals surface area contributed by atoms with Crippen LogP contribution in [-0.2, 0) is 9.59 Å². The molecule has 7 heteroatoms. The Morgan fingerprint density at radius 2 is 1.86 bits per heavy atom. The van der Waals surface area contributed by atoms with E-state index in [9.17, 15) is 14.4 Å². The van der Waals surface area contributed by atoms with Crippen molar-refractivity contribution in [2.75, 3.05) is 38.0 Å². The van der Waals surface area contributed by atoms with Crippen LogP contribution in [0, 0.1) is 5.92 Å². The van der Waals surface area contributed by atoms with Gasteiger partial charge in [-0.15, -0.1) is 0 Å². The molecule has 1 aliphatic rings. The van der Waals surface area contributed by atoms with E-state index in [1.54, 1.807) is 74.6 Å². The number of hydrogen-bond donors (Lipinski definition) is 1. The number of methoxy groups -OCH3 is 1. The molecule has 0 radical (unpaired) electrons. The Labute approximate surface area is 163 Å². The summed E-state index contributed by atoms with van der Waals surface area (Å²) in [6.07, 6.45) is 0.147. The molecule has 2 aromatic rings. The van der Waals surface area contributed by atoms with Crippen LogP contribution in [0.5, 0.6) is 5.75 Å². The second kappa shape index (κ2) is 8.12. The van der Waals surface area contributed by atoms with Crippen molar-refractivity contribution in [1.82, 2.24) is 4.90 Å². The molecule has 3 rings (SSSR count). The molecule has 0 aromatic heterocycles. The van der Waals surface area contributed by atoms with Gasteiger partial charge in [-0.3, -0.25) is 14.4 Å². The molecule has 28 heavy (non-hydrogen) atoms. The standard InChI is InChI=1S/C21H23N3O4/c1-23(2)21(27)14-5-4-6-16(11-14)22-20(26)15-12-19(25)24(13-15)17-7-9-18(28-3)10-8-17/h4-11,15H,12-13H2,1-3H3,(H,22,26)/t15-/m1/s1. The van der Waals surface area contributed by atoms with Crippen molar-refractivity contribution in [3.63, 3.8) is 0 Å². The van der Waals surface area contributed by atoms with Crippen LogP contribution >= 0.6 is 0 Å². The zero-order valence-electron chi connectivity index (χ0n) is 16.1. The van der Waals surface area contributed by atoms with E-state index in [1.165, 1.54) is 4.90 Å². The maximum atomic E-state index is 12.6. The molecule has 1 heterocycles. The monoisotopic (exact) mass is 381 g/mol. The molecule has 3 amide bonds. The van der Waals surface area contributed by atoms with Gasteiger partial charge in [-0.05, 0) is 42.5 Å². The maximum Gasteiger partial charge on any atom is 0.253 e. The Bertz CT molecular complexity index is 893. The summed E-state index contributed by atoms with van der Waals surface area (Å²) in [5.74, 6) is -0.224. The molecule has 2 aromatic carbocycles. The zero-order chi connectivity index (χ0) is 20.3. The van der Waals surface area contributed by atoms with Gasteiger partial charge in [0.15, 0.2) is 0 Å². The highest BCUT2D eigenvalue weighted by atomic mass is 16.5. The molecule has 0 spiro atoms. The molecular formula is C21H23N3O4. The lowest BCUT2D eigenvalue weighted by molar-refractivity contribution is -0.122. The van der Waals surface area contributed by atoms with Crippen molar-refractivity contribution in [2.45, 2.75) is 6.42 Å². The Balaban J connectivity index is 1.68. The van der Waals surface area contributed by atoms with E-state index in [1.807, 2.05) is 0 Å². The van der Waals surface area contributed by atoms with Gasteiger partial charge in [-0.2, -0.15) is 0 Å². The smallest absolute Gasteiger partial charge is 0.253 e. The molecule has 0 saturated carbocycles. The van der Waals surface area contributed by atoms with Gasteiger partial charge in [-0.25, -0.2) is 0 Å². The predicted molar refractivity (Wildman–Crippen MR) is 107 cm³/mol. The first-order chi connectivity index (χ1) is 13.4. The number of hydrogen-bond acceptors (Lipinski definition) is 4. The first-order valence-corrected chi connectivity index (χ1v) is 8.96. The Hall–Kier alpha value is -3.35. The van der Waals surface area contributed by atoms with Gasteiger partial charge in [-0.1, -0.05) is 6.07 Å². The van der Waals surface area contributed by atoms with E-state index in [-0.39, 0.29) is 24.1 Å². The van der Waals surface area contributed by atoms with E-state index in [4.69, 9.17) is 4.74 Å². The average molecular weight is 381 g/mol. The molecule has 1 atom stereocenters. The van der Waals surface area contributed by atoms with Crippen LogP contribution in [0.2, 0.25) is 0 Å². The van der Waals surface area contributed by atoms with Gasteiger partial charge in [0.2, 0.25) is 11.8 Å². The third kappa shape index (κ3) is 4.14. The molecule has 0 bridgehead atoms. The number of carbonyl (C=O) groups excluding carboxylic acids is 3. The van der Waals surface area contributed by atoms with Gasteiger partial charge in [0.05, 0.1) is 13.0 Å². The second-order valence-electron chi connectivity index (χ2n) is 6.87. The summed E-state index contributed by atoms with van der Waals surface area (Å²) in [6, 6.07) is 13.9. The van der Waals surface area contributed by atoms with Crippen LogP contribution in [0.4, 0.5) is 11.4 Å². The number of nitrogens with one attached hydrogen (secondary N) is 1. The van der Waals surface area contributed by atoms with Gasteiger partial charge in [0, 0.05) is 44.0 Å². The molecule has 7 nitrogen and oxygen atoms in total. The van der Waals surface area contributed by atoms with E-state index in [0.717, 1.165) is 5.69 Å². The fourth-order valence-electron chi connectivity index (χ4n) is 3.13. The van der Waals surface area contributed by atoms with Gasteiger partial charge >= 0.3 is 0 Å². The van der Waals surface area contributed by atoms with Crippen LogP contribution in [0.15, 0.2) is 48.5 Å². The molecule has 1 N–H and O–H groups in total. The number of nitrogens with zero attached hydrogens (tertiary/aromatic N) is 2. The summed E-state index contributed by atoms with van der Waals surface area (Å²) in [7, 11) is 4.93. The van der Waals surface area contributed by atoms with E-state index < -0.39 is 5.92 Å². The van der Waals surface area contributed by atoms with Crippen LogP contribution in [0.1, 0.15) is 16.8 Å². The Morgan fingerprint density at radius 3 is 2.50 bits per heavy atom. The number of anilines is 2. The summed E-state index contributed by atoms with van der Waals surface area (Å²) < 4.78 is 5.13. The van der Waals surface area contributed by atoms with Crippen molar-refractivity contribution < 1.29 is 19.1 Å². The topological polar surface area (TPSA) is 79.0 Å². The highest BCUT2D eigenvalue weighted by Crippen LogP contribution is 2.27. The van der Waals surface area contributed by atoms with Crippen molar-refractivity contribution in [1.29, 1.82) is 0 Å². The number of amides is 3. The first kappa shape index (κ1) is 19.4. The van der Waals surface area contributed by atoms with Crippen molar-refractivity contribution in [3.05, 3.63) is 54.1 Å². The summed E-state index contributed by atoms with van der Waals surface area (Å²) >= 11 is 0. The van der Waals surface area contributed by atoms with Crippen LogP contribution < -0.4 is 15.0 Å². The van der Waals surface area contributed by atoms with Crippen LogP contribution in [0.3, 0.4) is 0 Å². The molecule has 0 unspecified atom stereocenters. The third-order valence-electron chi connectivity index (χ3n) is 4.66. The van der Waals surface area contributed by atoms with Crippen molar-refractivity contribution >= 4 is 29.1 Å². The predicted octanol–water partition coefficient (Wildman–Crippen LogP) is 2.39. The Morgan fingerprint density at radius 1 is 1.14 bits per heavy atom. The minimum atomic E-state index is -0.456. The third-order valence-corrected chi connectivity index (χ3v) is 4.66. The van der Waals surface area contributed by atoms with E-state index in [2.05, 4.69) is 5.32 Å². The lowest BCUT2D eigenvalue weighted by atomic mass is 10.1. The lowest BCUT2D eigenvalue weighted by Crippen LogP contribution is -2.28. The summed E-state index contributed by atoms with van der Waals surface area (Å²) in [5.41, 5.74) is 1.76. The number of ether oxygens (including phenoxy) is 1. The lowest BCUT2D eigenvalue weighted by Gasteiger charge is -2.17. The molecule has 1 saturated heterocycles. The number of rotatable bonds is 5. The molecule has 0 aliphatic carbocycles. The second-order valence-corrected chi connectivity index (χ2v) is 6.87. The largest absolute Gasteiger partial charge is 0.497 e. The van der Waals surface area contributed by atoms with Crippen LogP contribution in [0.25, 0.3) is 0 Å². The summed E-state index contributed by atoms with van der Waals surface area (Å²) in [6.45, 7) is 0.313. The average Bonchev–Trinajstić information content (AvgIpc) is 3.09. The summed E-state index contributed by atoms with van der Waals surface area (Å²) in [4.78, 5) is 40.2. The van der Waals surface area contributed by atoms with E-state index >= 15 is 0 Å². The minimum absolute atomic E-state index is 0.0955. The van der Waals surface area contributed by atoms with E-state index in [0.29, 0.717) is 23.5 Å². The van der Waals surface area contributed by atoms with Crippen molar-refractivity contribution in [2.24, 2.45) is 5.92 Å². The molecule has 146 valence electrons. The fraction of sp³-hybridized carbons (Fsp3) is 0.286. The number of carbonyl (C=O) groups is 3. The normalized spacial score (nSPS) is 16.0. The van der Waals surface area contributed by atoms with Crippen molar-refractivity contribution in [3.8, 4) is 5.75 Å². The molecule has 1 fully saturated rings. The van der Waals surface area contributed by atoms with Gasteiger partial charge in [0.1, 0.15) is 5.75 Å². The summed E-state index contributed by atoms with van der Waals surface area (Å²) in [5, 5.41) is 2.82. The Kier molecular flexibility index (Phi) is 5.63. The highest BCUT2D eigenvalue weighted by molar-refractivity contribution is 6.04. The first-order valence-electron chi connectivity index (χ1n) is 8.96.